The molecule has 0 aliphatic heterocycles. The summed E-state index contributed by atoms with van der Waals surface area (Å²) in [5, 5.41) is -1.06. The van der Waals surface area contributed by atoms with Gasteiger partial charge in [-0.2, -0.15) is 13.2 Å². The minimum atomic E-state index is -5.35. The molecule has 1 aromatic heterocycles. The van der Waals surface area contributed by atoms with Gasteiger partial charge in [-0.25, -0.2) is 14.2 Å². The van der Waals surface area contributed by atoms with Crippen LogP contribution in [-0.2, 0) is 4.74 Å². The van der Waals surface area contributed by atoms with E-state index in [9.17, 15) is 27.2 Å². The van der Waals surface area contributed by atoms with Crippen LogP contribution in [0, 0.1) is 5.82 Å². The number of carbonyl (C=O) groups is 2. The van der Waals surface area contributed by atoms with E-state index in [1.807, 2.05) is 0 Å². The molecule has 0 radical (unpaired) electrons. The van der Waals surface area contributed by atoms with Crippen molar-refractivity contribution in [3.63, 3.8) is 0 Å². The monoisotopic (exact) mass is 426 g/mol. The summed E-state index contributed by atoms with van der Waals surface area (Å²) in [4.78, 5) is 26.4. The Kier molecular flexibility index (Phi) is 5.81. The summed E-state index contributed by atoms with van der Waals surface area (Å²) in [6.45, 7) is 0. The first-order valence-corrected chi connectivity index (χ1v) is 7.54. The second-order valence-electron chi connectivity index (χ2n) is 4.88. The number of nitrogens with zero attached hydrogens (tertiary/aromatic N) is 1. The molecule has 0 atom stereocenters. The highest BCUT2D eigenvalue weighted by Gasteiger charge is 2.42. The second kappa shape index (κ2) is 7.57. The third kappa shape index (κ3) is 4.22. The predicted molar refractivity (Wildman–Crippen MR) is 87.5 cm³/mol. The number of hydrogen-bond acceptors (Lipinski definition) is 6. The molecule has 6 nitrogen and oxygen atoms in total. The first kappa shape index (κ1) is 20.7. The van der Waals surface area contributed by atoms with Crippen LogP contribution in [0.5, 0.6) is 5.88 Å². The van der Waals surface area contributed by atoms with Crippen LogP contribution in [0.3, 0.4) is 0 Å². The average molecular weight is 427 g/mol. The molecule has 27 heavy (non-hydrogen) atoms. The minimum absolute atomic E-state index is 0.224. The molecule has 0 bridgehead atoms. The third-order valence-corrected chi connectivity index (χ3v) is 3.85. The fourth-order valence-electron chi connectivity index (χ4n) is 1.95. The van der Waals surface area contributed by atoms with Crippen molar-refractivity contribution in [3.8, 4) is 17.1 Å². The molecule has 0 spiro atoms. The third-order valence-electron chi connectivity index (χ3n) is 3.15. The number of rotatable bonds is 3. The zero-order chi connectivity index (χ0) is 20.5. The maximum atomic E-state index is 14.6. The van der Waals surface area contributed by atoms with Crippen LogP contribution < -0.4 is 10.5 Å². The quantitative estimate of drug-likeness (QED) is 0.435. The Morgan fingerprint density at radius 2 is 1.85 bits per heavy atom. The molecule has 0 aliphatic rings. The van der Waals surface area contributed by atoms with Crippen LogP contribution in [0.4, 0.5) is 28.0 Å². The maximum Gasteiger partial charge on any atom is 0.514 e. The number of pyridine rings is 1. The number of methoxy groups -OCH3 is 1. The first-order chi connectivity index (χ1) is 12.5. The van der Waals surface area contributed by atoms with Gasteiger partial charge in [0.1, 0.15) is 10.8 Å². The fourth-order valence-corrected chi connectivity index (χ4v) is 2.32. The lowest BCUT2D eigenvalue weighted by Crippen LogP contribution is -2.24. The standard InChI is InChI=1S/C15H8Cl2F4N2O4/c1-26-14(25)27-13-10(17)7(22)4-8(23-13)5-2-3-6(16)9(11(5)18)12(24)15(19,20)21/h2-4H,1H3,(H2,22,23). The van der Waals surface area contributed by atoms with Crippen molar-refractivity contribution in [2.45, 2.75) is 6.18 Å². The van der Waals surface area contributed by atoms with E-state index in [4.69, 9.17) is 28.9 Å². The Morgan fingerprint density at radius 1 is 1.22 bits per heavy atom. The molecule has 12 heteroatoms. The number of nitrogen functional groups attached to an aromatic ring is 1. The van der Waals surface area contributed by atoms with E-state index >= 15 is 0 Å². The summed E-state index contributed by atoms with van der Waals surface area (Å²) in [5.74, 6) is -4.63. The van der Waals surface area contributed by atoms with E-state index in [2.05, 4.69) is 14.5 Å². The van der Waals surface area contributed by atoms with Gasteiger partial charge >= 0.3 is 12.3 Å². The van der Waals surface area contributed by atoms with Crippen LogP contribution in [0.1, 0.15) is 10.4 Å². The molecule has 144 valence electrons. The summed E-state index contributed by atoms with van der Waals surface area (Å²) in [5.41, 5.74) is 3.11. The molecule has 2 N–H and O–H groups in total. The number of nitrogens with two attached hydrogens (primary N) is 1. The summed E-state index contributed by atoms with van der Waals surface area (Å²) < 4.78 is 61.6. The minimum Gasteiger partial charge on any atom is -0.437 e. The molecule has 0 saturated heterocycles. The van der Waals surface area contributed by atoms with E-state index in [0.717, 1.165) is 25.3 Å². The Morgan fingerprint density at radius 3 is 2.41 bits per heavy atom. The van der Waals surface area contributed by atoms with Crippen molar-refractivity contribution >= 4 is 40.8 Å². The van der Waals surface area contributed by atoms with Crippen molar-refractivity contribution in [3.05, 3.63) is 39.6 Å². The van der Waals surface area contributed by atoms with Crippen molar-refractivity contribution in [2.75, 3.05) is 12.8 Å². The molecule has 1 aromatic carbocycles. The summed E-state index contributed by atoms with van der Waals surface area (Å²) in [7, 11) is 0.997. The van der Waals surface area contributed by atoms with Crippen molar-refractivity contribution in [2.24, 2.45) is 0 Å². The number of benzene rings is 1. The van der Waals surface area contributed by atoms with Crippen LogP contribution in [-0.4, -0.2) is 30.2 Å². The highest BCUT2D eigenvalue weighted by Crippen LogP contribution is 2.37. The van der Waals surface area contributed by atoms with E-state index in [1.165, 1.54) is 0 Å². The number of aromatic nitrogens is 1. The number of anilines is 1. The number of halogens is 6. The molecule has 0 saturated carbocycles. The molecule has 2 rings (SSSR count). The molecule has 0 amide bonds. The number of hydrogen-bond donors (Lipinski definition) is 1. The molecule has 0 unspecified atom stereocenters. The van der Waals surface area contributed by atoms with Crippen molar-refractivity contribution < 1.29 is 36.6 Å². The Bertz CT molecular complexity index is 935. The van der Waals surface area contributed by atoms with Crippen LogP contribution >= 0.6 is 23.2 Å². The number of alkyl halides is 3. The fraction of sp³-hybridized carbons (Fsp3) is 0.133. The Labute approximate surface area is 158 Å². The highest BCUT2D eigenvalue weighted by molar-refractivity contribution is 6.35. The largest absolute Gasteiger partial charge is 0.514 e. The zero-order valence-electron chi connectivity index (χ0n) is 13.2. The van der Waals surface area contributed by atoms with Gasteiger partial charge in [0.25, 0.3) is 5.78 Å². The van der Waals surface area contributed by atoms with Gasteiger partial charge in [0.05, 0.1) is 29.1 Å². The lowest BCUT2D eigenvalue weighted by Gasteiger charge is -2.13. The summed E-state index contributed by atoms with van der Waals surface area (Å²) in [6, 6.07) is 2.87. The number of ether oxygens (including phenoxy) is 2. The van der Waals surface area contributed by atoms with Gasteiger partial charge in [-0.3, -0.25) is 4.79 Å². The van der Waals surface area contributed by atoms with Crippen LogP contribution in [0.2, 0.25) is 10.0 Å². The molecule has 0 fully saturated rings. The molecule has 2 aromatic rings. The SMILES string of the molecule is COC(=O)Oc1nc(-c2ccc(Cl)c(C(=O)C(F)(F)F)c2F)cc(N)c1Cl. The topological polar surface area (TPSA) is 91.5 Å². The number of Topliss-reactive ketones (excluding diaryl/α,β-unsaturated/α-hetero) is 1. The Hall–Kier alpha value is -2.59. The normalized spacial score (nSPS) is 11.2. The van der Waals surface area contributed by atoms with E-state index < -0.39 is 46.0 Å². The predicted octanol–water partition coefficient (Wildman–Crippen LogP) is 4.67. The smallest absolute Gasteiger partial charge is 0.437 e. The zero-order valence-corrected chi connectivity index (χ0v) is 14.7. The van der Waals surface area contributed by atoms with Gasteiger partial charge in [-0.05, 0) is 18.2 Å². The maximum absolute atomic E-state index is 14.6. The Balaban J connectivity index is 2.66. The van der Waals surface area contributed by atoms with E-state index in [-0.39, 0.29) is 16.4 Å². The summed E-state index contributed by atoms with van der Waals surface area (Å²) >= 11 is 11.4. The first-order valence-electron chi connectivity index (χ1n) is 6.79. The molecular formula is C15H8Cl2F4N2O4. The van der Waals surface area contributed by atoms with Gasteiger partial charge in [-0.15, -0.1) is 0 Å². The number of carbonyl (C=O) groups excluding carboxylic acids is 2. The van der Waals surface area contributed by atoms with Crippen LogP contribution in [0.15, 0.2) is 18.2 Å². The van der Waals surface area contributed by atoms with Gasteiger partial charge in [0.15, 0.2) is 0 Å². The van der Waals surface area contributed by atoms with Gasteiger partial charge in [0.2, 0.25) is 5.88 Å². The lowest BCUT2D eigenvalue weighted by molar-refractivity contribution is -0.0887. The second-order valence-corrected chi connectivity index (χ2v) is 5.67. The average Bonchev–Trinajstić information content (AvgIpc) is 2.57. The van der Waals surface area contributed by atoms with Gasteiger partial charge in [0, 0.05) is 5.56 Å². The van der Waals surface area contributed by atoms with Gasteiger partial charge in [-0.1, -0.05) is 23.2 Å². The van der Waals surface area contributed by atoms with Crippen molar-refractivity contribution in [1.29, 1.82) is 0 Å². The molecule has 0 aliphatic carbocycles. The van der Waals surface area contributed by atoms with E-state index in [1.54, 1.807) is 0 Å². The lowest BCUT2D eigenvalue weighted by atomic mass is 10.0. The number of ketones is 1. The highest BCUT2D eigenvalue weighted by atomic mass is 35.5. The van der Waals surface area contributed by atoms with Gasteiger partial charge < -0.3 is 15.2 Å². The van der Waals surface area contributed by atoms with Crippen molar-refractivity contribution in [1.82, 2.24) is 4.98 Å². The van der Waals surface area contributed by atoms with Crippen LogP contribution in [0.25, 0.3) is 11.3 Å². The molecule has 1 heterocycles. The van der Waals surface area contributed by atoms with E-state index in [0.29, 0.717) is 0 Å². The molecular weight excluding hydrogens is 419 g/mol. The summed E-state index contributed by atoms with van der Waals surface area (Å²) in [6.07, 6.45) is -6.57.